The van der Waals surface area contributed by atoms with Gasteiger partial charge in [0, 0.05) is 11.8 Å². The second-order valence-corrected chi connectivity index (χ2v) is 5.81. The van der Waals surface area contributed by atoms with Crippen molar-refractivity contribution in [2.24, 2.45) is 0 Å². The summed E-state index contributed by atoms with van der Waals surface area (Å²) in [6.07, 6.45) is -3.16. The van der Waals surface area contributed by atoms with Gasteiger partial charge in [-0.25, -0.2) is 9.97 Å². The van der Waals surface area contributed by atoms with E-state index in [1.165, 1.54) is 23.9 Å². The van der Waals surface area contributed by atoms with Crippen LogP contribution in [0.15, 0.2) is 47.4 Å². The maximum atomic E-state index is 12.8. The molecule has 2 aromatic heterocycles. The third kappa shape index (κ3) is 4.11. The van der Waals surface area contributed by atoms with Gasteiger partial charge in [0.2, 0.25) is 0 Å². The Morgan fingerprint density at radius 3 is 2.68 bits per heavy atom. The number of alkyl halides is 3. The predicted octanol–water partition coefficient (Wildman–Crippen LogP) is 2.14. The molecule has 0 bridgehead atoms. The SMILES string of the molecule is COc1ccccc1Cn1c(=O)c(C(=O)NCC(F)(F)F)nc2cccnc21. The van der Waals surface area contributed by atoms with Crippen molar-refractivity contribution in [3.63, 3.8) is 0 Å². The summed E-state index contributed by atoms with van der Waals surface area (Å²) < 4.78 is 43.6. The second-order valence-electron chi connectivity index (χ2n) is 5.81. The number of ether oxygens (including phenoxy) is 1. The summed E-state index contributed by atoms with van der Waals surface area (Å²) in [4.78, 5) is 33.0. The van der Waals surface area contributed by atoms with Crippen molar-refractivity contribution in [1.82, 2.24) is 19.9 Å². The molecule has 0 aliphatic carbocycles. The van der Waals surface area contributed by atoms with Gasteiger partial charge in [-0.05, 0) is 18.2 Å². The molecule has 0 radical (unpaired) electrons. The van der Waals surface area contributed by atoms with Crippen LogP contribution < -0.4 is 15.6 Å². The lowest BCUT2D eigenvalue weighted by molar-refractivity contribution is -0.123. The highest BCUT2D eigenvalue weighted by molar-refractivity contribution is 5.93. The first-order valence-electron chi connectivity index (χ1n) is 8.12. The number of carbonyl (C=O) groups excluding carboxylic acids is 1. The monoisotopic (exact) mass is 392 g/mol. The molecule has 28 heavy (non-hydrogen) atoms. The normalized spacial score (nSPS) is 11.4. The van der Waals surface area contributed by atoms with Crippen LogP contribution in [-0.4, -0.2) is 40.3 Å². The summed E-state index contributed by atoms with van der Waals surface area (Å²) in [5.41, 5.74) is -0.455. The first kappa shape index (κ1) is 19.3. The van der Waals surface area contributed by atoms with Crippen molar-refractivity contribution in [3.05, 3.63) is 64.2 Å². The summed E-state index contributed by atoms with van der Waals surface area (Å²) >= 11 is 0. The summed E-state index contributed by atoms with van der Waals surface area (Å²) in [5, 5.41) is 1.67. The fraction of sp³-hybridized carbons (Fsp3) is 0.222. The molecule has 1 aromatic carbocycles. The van der Waals surface area contributed by atoms with E-state index < -0.39 is 29.9 Å². The van der Waals surface area contributed by atoms with Crippen molar-refractivity contribution in [3.8, 4) is 5.75 Å². The molecule has 0 aliphatic rings. The minimum Gasteiger partial charge on any atom is -0.496 e. The molecular weight excluding hydrogens is 377 g/mol. The summed E-state index contributed by atoms with van der Waals surface area (Å²) in [7, 11) is 1.47. The van der Waals surface area contributed by atoms with Gasteiger partial charge in [0.15, 0.2) is 11.3 Å². The number of benzene rings is 1. The molecule has 0 saturated carbocycles. The lowest BCUT2D eigenvalue weighted by atomic mass is 10.2. The molecule has 0 atom stereocenters. The number of fused-ring (bicyclic) bond motifs is 1. The maximum absolute atomic E-state index is 12.8. The highest BCUT2D eigenvalue weighted by Gasteiger charge is 2.29. The largest absolute Gasteiger partial charge is 0.496 e. The molecule has 3 aromatic rings. The standard InChI is InChI=1S/C18H15F3N4O3/c1-28-13-7-3-2-5-11(13)9-25-15-12(6-4-8-22-15)24-14(17(25)27)16(26)23-10-18(19,20)21/h2-8H,9-10H2,1H3,(H,23,26). The zero-order valence-corrected chi connectivity index (χ0v) is 14.7. The Labute approximate surface area is 156 Å². The fourth-order valence-corrected chi connectivity index (χ4v) is 2.64. The van der Waals surface area contributed by atoms with E-state index >= 15 is 0 Å². The molecule has 0 spiro atoms. The minimum atomic E-state index is -4.61. The lowest BCUT2D eigenvalue weighted by Gasteiger charge is -2.14. The zero-order valence-electron chi connectivity index (χ0n) is 14.7. The Balaban J connectivity index is 2.09. The van der Waals surface area contributed by atoms with Crippen molar-refractivity contribution in [2.75, 3.05) is 13.7 Å². The van der Waals surface area contributed by atoms with E-state index in [0.717, 1.165) is 0 Å². The molecule has 2 heterocycles. The van der Waals surface area contributed by atoms with Crippen molar-refractivity contribution < 1.29 is 22.7 Å². The second kappa shape index (κ2) is 7.67. The molecule has 0 saturated heterocycles. The number of amides is 1. The lowest BCUT2D eigenvalue weighted by Crippen LogP contribution is -2.39. The smallest absolute Gasteiger partial charge is 0.405 e. The van der Waals surface area contributed by atoms with Crippen LogP contribution in [0.4, 0.5) is 13.2 Å². The molecule has 10 heteroatoms. The molecule has 1 N–H and O–H groups in total. The summed E-state index contributed by atoms with van der Waals surface area (Å²) in [6.45, 7) is -1.57. The molecule has 7 nitrogen and oxygen atoms in total. The van der Waals surface area contributed by atoms with Crippen LogP contribution in [-0.2, 0) is 6.54 Å². The summed E-state index contributed by atoms with van der Waals surface area (Å²) in [5.74, 6) is -0.694. The molecule has 146 valence electrons. The molecular formula is C18H15F3N4O3. The van der Waals surface area contributed by atoms with Crippen molar-refractivity contribution in [2.45, 2.75) is 12.7 Å². The van der Waals surface area contributed by atoms with Crippen molar-refractivity contribution >= 4 is 17.1 Å². The topological polar surface area (TPSA) is 86.1 Å². The average molecular weight is 392 g/mol. The number of pyridine rings is 1. The van der Waals surface area contributed by atoms with E-state index in [1.54, 1.807) is 35.6 Å². The molecule has 0 fully saturated rings. The van der Waals surface area contributed by atoms with E-state index in [1.807, 2.05) is 0 Å². The van der Waals surface area contributed by atoms with Gasteiger partial charge >= 0.3 is 6.18 Å². The van der Waals surface area contributed by atoms with E-state index in [-0.39, 0.29) is 17.7 Å². The van der Waals surface area contributed by atoms with Gasteiger partial charge in [-0.15, -0.1) is 0 Å². The highest BCUT2D eigenvalue weighted by Crippen LogP contribution is 2.19. The van der Waals surface area contributed by atoms with Gasteiger partial charge in [-0.3, -0.25) is 14.2 Å². The molecule has 0 unspecified atom stereocenters. The average Bonchev–Trinajstić information content (AvgIpc) is 2.67. The minimum absolute atomic E-state index is 0.00156. The van der Waals surface area contributed by atoms with Gasteiger partial charge in [-0.2, -0.15) is 13.2 Å². The van der Waals surface area contributed by atoms with Gasteiger partial charge in [0.1, 0.15) is 17.8 Å². The summed E-state index contributed by atoms with van der Waals surface area (Å²) in [6, 6.07) is 9.99. The highest BCUT2D eigenvalue weighted by atomic mass is 19.4. The maximum Gasteiger partial charge on any atom is 0.405 e. The predicted molar refractivity (Wildman–Crippen MR) is 94.3 cm³/mol. The molecule has 3 rings (SSSR count). The van der Waals surface area contributed by atoms with Gasteiger partial charge in [-0.1, -0.05) is 18.2 Å². The Morgan fingerprint density at radius 2 is 1.96 bits per heavy atom. The van der Waals surface area contributed by atoms with Gasteiger partial charge in [0.05, 0.1) is 13.7 Å². The number of aromatic nitrogens is 3. The van der Waals surface area contributed by atoms with Crippen LogP contribution in [0.5, 0.6) is 5.75 Å². The Kier molecular flexibility index (Phi) is 5.30. The number of nitrogens with one attached hydrogen (secondary N) is 1. The van der Waals surface area contributed by atoms with Gasteiger partial charge < -0.3 is 10.1 Å². The van der Waals surface area contributed by atoms with E-state index in [2.05, 4.69) is 9.97 Å². The third-order valence-corrected chi connectivity index (χ3v) is 3.89. The zero-order chi connectivity index (χ0) is 20.3. The number of nitrogens with zero attached hydrogens (tertiary/aromatic N) is 3. The quantitative estimate of drug-likeness (QED) is 0.719. The first-order valence-corrected chi connectivity index (χ1v) is 8.12. The van der Waals surface area contributed by atoms with Crippen molar-refractivity contribution in [1.29, 1.82) is 0 Å². The number of hydrogen-bond donors (Lipinski definition) is 1. The number of methoxy groups -OCH3 is 1. The Bertz CT molecular complexity index is 1080. The van der Waals surface area contributed by atoms with Crippen LogP contribution in [0.25, 0.3) is 11.2 Å². The molecule has 1 amide bonds. The van der Waals surface area contributed by atoms with Gasteiger partial charge in [0.25, 0.3) is 11.5 Å². The van der Waals surface area contributed by atoms with E-state index in [9.17, 15) is 22.8 Å². The number of rotatable bonds is 5. The number of para-hydroxylation sites is 1. The van der Waals surface area contributed by atoms with Crippen LogP contribution in [0, 0.1) is 0 Å². The van der Waals surface area contributed by atoms with Crippen LogP contribution >= 0.6 is 0 Å². The van der Waals surface area contributed by atoms with Crippen LogP contribution in [0.3, 0.4) is 0 Å². The number of carbonyl (C=O) groups is 1. The Morgan fingerprint density at radius 1 is 1.21 bits per heavy atom. The van der Waals surface area contributed by atoms with E-state index in [4.69, 9.17) is 4.74 Å². The molecule has 0 aliphatic heterocycles. The van der Waals surface area contributed by atoms with Crippen LogP contribution in [0.1, 0.15) is 16.1 Å². The van der Waals surface area contributed by atoms with E-state index in [0.29, 0.717) is 11.3 Å². The number of halogens is 3. The van der Waals surface area contributed by atoms with Crippen LogP contribution in [0.2, 0.25) is 0 Å². The number of hydrogen-bond acceptors (Lipinski definition) is 5. The Hall–Kier alpha value is -3.43. The first-order chi connectivity index (χ1) is 13.3. The fourth-order valence-electron chi connectivity index (χ4n) is 2.64. The third-order valence-electron chi connectivity index (χ3n) is 3.89.